The van der Waals surface area contributed by atoms with Crippen molar-refractivity contribution in [3.63, 3.8) is 0 Å². The minimum Gasteiger partial charge on any atom is -0.322 e. The Morgan fingerprint density at radius 3 is 2.61 bits per heavy atom. The van der Waals surface area contributed by atoms with Gasteiger partial charge in [0.05, 0.1) is 5.02 Å². The van der Waals surface area contributed by atoms with E-state index in [-0.39, 0.29) is 5.91 Å². The predicted molar refractivity (Wildman–Crippen MR) is 78.3 cm³/mol. The lowest BCUT2D eigenvalue weighted by atomic mass is 10.1. The summed E-state index contributed by atoms with van der Waals surface area (Å²) in [6.07, 6.45) is 0. The number of nitrogens with one attached hydrogen (secondary N) is 1. The number of amides is 1. The molecule has 0 saturated carbocycles. The molecule has 2 nitrogen and oxygen atoms in total. The summed E-state index contributed by atoms with van der Waals surface area (Å²) in [5, 5.41) is 3.45. The second-order valence-corrected chi connectivity index (χ2v) is 5.16. The van der Waals surface area contributed by atoms with Crippen molar-refractivity contribution in [2.24, 2.45) is 0 Å². The fourth-order valence-corrected chi connectivity index (χ4v) is 2.10. The third kappa shape index (κ3) is 2.92. The molecule has 18 heavy (non-hydrogen) atoms. The quantitative estimate of drug-likeness (QED) is 0.855. The standard InChI is InChI=1S/C14H11BrClNO/c1-9-4-2-3-5-11(9)14(18)17-10-6-7-13(16)12(15)8-10/h2-8H,1H3,(H,17,18). The van der Waals surface area contributed by atoms with E-state index in [0.717, 1.165) is 10.0 Å². The maximum Gasteiger partial charge on any atom is 0.255 e. The predicted octanol–water partition coefficient (Wildman–Crippen LogP) is 4.66. The monoisotopic (exact) mass is 323 g/mol. The van der Waals surface area contributed by atoms with Crippen molar-refractivity contribution in [1.82, 2.24) is 0 Å². The second kappa shape index (κ2) is 5.55. The lowest BCUT2D eigenvalue weighted by molar-refractivity contribution is 0.102. The third-order valence-corrected chi connectivity index (χ3v) is 3.78. The number of halogens is 2. The molecule has 0 aliphatic rings. The Labute approximate surface area is 119 Å². The summed E-state index contributed by atoms with van der Waals surface area (Å²) in [5.74, 6) is -0.123. The van der Waals surface area contributed by atoms with Crippen LogP contribution in [0.15, 0.2) is 46.9 Å². The highest BCUT2D eigenvalue weighted by atomic mass is 79.9. The number of hydrogen-bond donors (Lipinski definition) is 1. The van der Waals surface area contributed by atoms with Gasteiger partial charge >= 0.3 is 0 Å². The van der Waals surface area contributed by atoms with E-state index in [1.807, 2.05) is 25.1 Å². The number of rotatable bonds is 2. The molecule has 0 fully saturated rings. The molecule has 0 unspecified atom stereocenters. The van der Waals surface area contributed by atoms with Gasteiger partial charge in [0, 0.05) is 15.7 Å². The normalized spacial score (nSPS) is 10.2. The summed E-state index contributed by atoms with van der Waals surface area (Å²) in [7, 11) is 0. The molecule has 0 spiro atoms. The summed E-state index contributed by atoms with van der Waals surface area (Å²) in [5.41, 5.74) is 2.33. The maximum atomic E-state index is 12.1. The lowest BCUT2D eigenvalue weighted by Gasteiger charge is -2.08. The molecule has 0 aliphatic carbocycles. The van der Waals surface area contributed by atoms with Crippen LogP contribution in [0.25, 0.3) is 0 Å². The Hall–Kier alpha value is -1.32. The first-order valence-corrected chi connectivity index (χ1v) is 6.57. The van der Waals surface area contributed by atoms with Gasteiger partial charge in [-0.15, -0.1) is 0 Å². The van der Waals surface area contributed by atoms with Gasteiger partial charge in [0.1, 0.15) is 0 Å². The number of aryl methyl sites for hydroxylation is 1. The Morgan fingerprint density at radius 1 is 1.22 bits per heavy atom. The molecule has 2 aromatic rings. The van der Waals surface area contributed by atoms with E-state index >= 15 is 0 Å². The van der Waals surface area contributed by atoms with Gasteiger partial charge in [0.2, 0.25) is 0 Å². The van der Waals surface area contributed by atoms with Gasteiger partial charge in [0.15, 0.2) is 0 Å². The Balaban J connectivity index is 2.22. The first-order chi connectivity index (χ1) is 8.58. The molecule has 0 aliphatic heterocycles. The highest BCUT2D eigenvalue weighted by Crippen LogP contribution is 2.25. The fraction of sp³-hybridized carbons (Fsp3) is 0.0714. The summed E-state index contributed by atoms with van der Waals surface area (Å²) in [4.78, 5) is 12.1. The molecule has 0 saturated heterocycles. The van der Waals surface area contributed by atoms with E-state index in [1.54, 1.807) is 24.3 Å². The van der Waals surface area contributed by atoms with Crippen LogP contribution in [-0.4, -0.2) is 5.91 Å². The van der Waals surface area contributed by atoms with Gasteiger partial charge in [-0.05, 0) is 52.7 Å². The molecule has 92 valence electrons. The van der Waals surface area contributed by atoms with E-state index in [9.17, 15) is 4.79 Å². The Bertz CT molecular complexity index is 598. The molecule has 0 radical (unpaired) electrons. The van der Waals surface area contributed by atoms with Gasteiger partial charge in [0.25, 0.3) is 5.91 Å². The summed E-state index contributed by atoms with van der Waals surface area (Å²) in [6.45, 7) is 1.91. The Morgan fingerprint density at radius 2 is 1.94 bits per heavy atom. The third-order valence-electron chi connectivity index (χ3n) is 2.57. The van der Waals surface area contributed by atoms with Gasteiger partial charge in [-0.2, -0.15) is 0 Å². The molecular weight excluding hydrogens is 314 g/mol. The zero-order chi connectivity index (χ0) is 13.1. The van der Waals surface area contributed by atoms with E-state index in [4.69, 9.17) is 11.6 Å². The topological polar surface area (TPSA) is 29.1 Å². The van der Waals surface area contributed by atoms with Gasteiger partial charge < -0.3 is 5.32 Å². The molecule has 0 bridgehead atoms. The highest BCUT2D eigenvalue weighted by Gasteiger charge is 2.09. The smallest absolute Gasteiger partial charge is 0.255 e. The van der Waals surface area contributed by atoms with Crippen molar-refractivity contribution in [2.45, 2.75) is 6.92 Å². The van der Waals surface area contributed by atoms with Crippen LogP contribution in [0.5, 0.6) is 0 Å². The summed E-state index contributed by atoms with van der Waals surface area (Å²) in [6, 6.07) is 12.7. The number of anilines is 1. The number of carbonyl (C=O) groups excluding carboxylic acids is 1. The van der Waals surface area contributed by atoms with Crippen molar-refractivity contribution >= 4 is 39.1 Å². The molecule has 0 atom stereocenters. The molecule has 2 aromatic carbocycles. The minimum absolute atomic E-state index is 0.123. The van der Waals surface area contributed by atoms with Crippen LogP contribution in [0.2, 0.25) is 5.02 Å². The molecule has 2 rings (SSSR count). The van der Waals surface area contributed by atoms with Crippen molar-refractivity contribution in [3.8, 4) is 0 Å². The Kier molecular flexibility index (Phi) is 4.04. The average molecular weight is 325 g/mol. The van der Waals surface area contributed by atoms with Crippen LogP contribution < -0.4 is 5.32 Å². The van der Waals surface area contributed by atoms with E-state index < -0.39 is 0 Å². The van der Waals surface area contributed by atoms with Gasteiger partial charge in [-0.1, -0.05) is 29.8 Å². The van der Waals surface area contributed by atoms with Crippen LogP contribution in [0.4, 0.5) is 5.69 Å². The van der Waals surface area contributed by atoms with Crippen molar-refractivity contribution in [1.29, 1.82) is 0 Å². The van der Waals surface area contributed by atoms with Crippen LogP contribution in [0.1, 0.15) is 15.9 Å². The number of carbonyl (C=O) groups is 1. The zero-order valence-corrected chi connectivity index (χ0v) is 12.0. The number of hydrogen-bond acceptors (Lipinski definition) is 1. The van der Waals surface area contributed by atoms with Crippen molar-refractivity contribution in [3.05, 3.63) is 63.1 Å². The maximum absolute atomic E-state index is 12.1. The molecule has 0 aromatic heterocycles. The van der Waals surface area contributed by atoms with Gasteiger partial charge in [-0.3, -0.25) is 4.79 Å². The summed E-state index contributed by atoms with van der Waals surface area (Å²) < 4.78 is 0.756. The average Bonchev–Trinajstić information content (AvgIpc) is 2.34. The second-order valence-electron chi connectivity index (χ2n) is 3.90. The van der Waals surface area contributed by atoms with Crippen LogP contribution >= 0.6 is 27.5 Å². The number of benzene rings is 2. The molecule has 1 amide bonds. The first-order valence-electron chi connectivity index (χ1n) is 5.40. The van der Waals surface area contributed by atoms with E-state index in [0.29, 0.717) is 16.3 Å². The fourth-order valence-electron chi connectivity index (χ4n) is 1.60. The molecule has 0 heterocycles. The largest absolute Gasteiger partial charge is 0.322 e. The molecule has 4 heteroatoms. The molecular formula is C14H11BrClNO. The summed E-state index contributed by atoms with van der Waals surface area (Å²) >= 11 is 9.22. The van der Waals surface area contributed by atoms with E-state index in [1.165, 1.54) is 0 Å². The highest BCUT2D eigenvalue weighted by molar-refractivity contribution is 9.10. The van der Waals surface area contributed by atoms with Crippen LogP contribution in [-0.2, 0) is 0 Å². The minimum atomic E-state index is -0.123. The van der Waals surface area contributed by atoms with Crippen molar-refractivity contribution < 1.29 is 4.79 Å². The lowest BCUT2D eigenvalue weighted by Crippen LogP contribution is -2.13. The first kappa shape index (κ1) is 13.1. The van der Waals surface area contributed by atoms with Crippen molar-refractivity contribution in [2.75, 3.05) is 5.32 Å². The van der Waals surface area contributed by atoms with Gasteiger partial charge in [-0.25, -0.2) is 0 Å². The van der Waals surface area contributed by atoms with E-state index in [2.05, 4.69) is 21.2 Å². The zero-order valence-electron chi connectivity index (χ0n) is 9.71. The molecule has 1 N–H and O–H groups in total. The van der Waals surface area contributed by atoms with Crippen LogP contribution in [0, 0.1) is 6.92 Å². The SMILES string of the molecule is Cc1ccccc1C(=O)Nc1ccc(Cl)c(Br)c1. The van der Waals surface area contributed by atoms with Crippen LogP contribution in [0.3, 0.4) is 0 Å².